The van der Waals surface area contributed by atoms with Crippen LogP contribution in [0.25, 0.3) is 0 Å². The van der Waals surface area contributed by atoms with E-state index in [0.29, 0.717) is 5.02 Å². The predicted octanol–water partition coefficient (Wildman–Crippen LogP) is 4.56. The highest BCUT2D eigenvalue weighted by Crippen LogP contribution is 2.31. The second kappa shape index (κ2) is 5.99. The van der Waals surface area contributed by atoms with Gasteiger partial charge in [-0.1, -0.05) is 25.4 Å². The number of nitrogens with zero attached hydrogens (tertiary/aromatic N) is 3. The summed E-state index contributed by atoms with van der Waals surface area (Å²) in [4.78, 5) is 13.1. The maximum atomic E-state index is 6.08. The van der Waals surface area contributed by atoms with Crippen molar-refractivity contribution in [3.8, 4) is 0 Å². The zero-order valence-corrected chi connectivity index (χ0v) is 13.1. The molecule has 0 radical (unpaired) electrons. The Labute approximate surface area is 124 Å². The molecule has 0 bridgehead atoms. The van der Waals surface area contributed by atoms with Crippen LogP contribution in [0.5, 0.6) is 0 Å². The fourth-order valence-corrected chi connectivity index (χ4v) is 2.84. The minimum absolute atomic E-state index is 0.279. The lowest BCUT2D eigenvalue weighted by molar-refractivity contribution is 0.747. The topological polar surface area (TPSA) is 38.7 Å². The molecule has 2 aromatic rings. The van der Waals surface area contributed by atoms with Crippen LogP contribution in [-0.2, 0) is 0 Å². The molecule has 0 aliphatic rings. The van der Waals surface area contributed by atoms with E-state index in [1.807, 2.05) is 18.2 Å². The second-order valence-electron chi connectivity index (χ2n) is 3.93. The molecule has 2 aromatic heterocycles. The summed E-state index contributed by atoms with van der Waals surface area (Å²) in [6.45, 7) is 4.12. The van der Waals surface area contributed by atoms with Crippen LogP contribution >= 0.6 is 39.3 Å². The van der Waals surface area contributed by atoms with Crippen molar-refractivity contribution in [3.05, 3.63) is 39.8 Å². The highest BCUT2D eigenvalue weighted by molar-refractivity contribution is 9.10. The lowest BCUT2D eigenvalue weighted by Crippen LogP contribution is -1.99. The number of hydrogen-bond acceptors (Lipinski definition) is 4. The van der Waals surface area contributed by atoms with Crippen LogP contribution in [0.2, 0.25) is 5.02 Å². The van der Waals surface area contributed by atoms with Gasteiger partial charge < -0.3 is 0 Å². The van der Waals surface area contributed by atoms with Crippen molar-refractivity contribution in [2.45, 2.75) is 29.8 Å². The molecule has 0 unspecified atom stereocenters. The normalized spacial score (nSPS) is 10.9. The monoisotopic (exact) mass is 343 g/mol. The van der Waals surface area contributed by atoms with Crippen molar-refractivity contribution < 1.29 is 0 Å². The Morgan fingerprint density at radius 3 is 2.78 bits per heavy atom. The van der Waals surface area contributed by atoms with Gasteiger partial charge in [0.2, 0.25) is 0 Å². The quantitative estimate of drug-likeness (QED) is 0.765. The second-order valence-corrected chi connectivity index (χ2v) is 6.16. The number of rotatable bonds is 3. The van der Waals surface area contributed by atoms with Gasteiger partial charge in [0.25, 0.3) is 0 Å². The highest BCUT2D eigenvalue weighted by Gasteiger charge is 2.10. The Kier molecular flexibility index (Phi) is 4.59. The van der Waals surface area contributed by atoms with E-state index < -0.39 is 0 Å². The molecule has 0 saturated heterocycles. The summed E-state index contributed by atoms with van der Waals surface area (Å²) in [5.74, 6) is 1.08. The predicted molar refractivity (Wildman–Crippen MR) is 77.2 cm³/mol. The zero-order chi connectivity index (χ0) is 13.1. The molecular formula is C12H11BrClN3S. The summed E-state index contributed by atoms with van der Waals surface area (Å²) in [5.41, 5.74) is 0. The Morgan fingerprint density at radius 1 is 1.33 bits per heavy atom. The van der Waals surface area contributed by atoms with Gasteiger partial charge in [-0.25, -0.2) is 15.0 Å². The van der Waals surface area contributed by atoms with Crippen LogP contribution in [0.4, 0.5) is 0 Å². The molecule has 0 atom stereocenters. The van der Waals surface area contributed by atoms with Gasteiger partial charge in [-0.15, -0.1) is 0 Å². The minimum atomic E-state index is 0.279. The largest absolute Gasteiger partial charge is 0.248 e. The van der Waals surface area contributed by atoms with Crippen LogP contribution in [0.15, 0.2) is 39.1 Å². The summed E-state index contributed by atoms with van der Waals surface area (Å²) < 4.78 is 0.774. The lowest BCUT2D eigenvalue weighted by Gasteiger charge is -2.07. The molecule has 0 amide bonds. The molecule has 0 fully saturated rings. The molecule has 2 heterocycles. The van der Waals surface area contributed by atoms with Crippen molar-refractivity contribution in [1.82, 2.24) is 15.0 Å². The fraction of sp³-hybridized carbons (Fsp3) is 0.250. The first-order valence-electron chi connectivity index (χ1n) is 5.39. The summed E-state index contributed by atoms with van der Waals surface area (Å²) in [5, 5.41) is 2.21. The van der Waals surface area contributed by atoms with Gasteiger partial charge in [0.1, 0.15) is 20.5 Å². The van der Waals surface area contributed by atoms with Gasteiger partial charge in [-0.2, -0.15) is 0 Å². The fourth-order valence-electron chi connectivity index (χ4n) is 1.27. The summed E-state index contributed by atoms with van der Waals surface area (Å²) in [6.07, 6.45) is 1.72. The van der Waals surface area contributed by atoms with Gasteiger partial charge in [-0.05, 0) is 39.8 Å². The molecule has 2 rings (SSSR count). The van der Waals surface area contributed by atoms with Crippen LogP contribution in [0.1, 0.15) is 25.6 Å². The average molecular weight is 345 g/mol. The van der Waals surface area contributed by atoms with Gasteiger partial charge in [0.15, 0.2) is 0 Å². The Hall–Kier alpha value is -0.650. The molecule has 0 aromatic carbocycles. The smallest absolute Gasteiger partial charge is 0.133 e. The van der Waals surface area contributed by atoms with Crippen molar-refractivity contribution in [2.24, 2.45) is 0 Å². The van der Waals surface area contributed by atoms with E-state index in [1.165, 1.54) is 11.8 Å². The van der Waals surface area contributed by atoms with E-state index in [1.54, 1.807) is 6.20 Å². The average Bonchev–Trinajstić information content (AvgIpc) is 2.31. The van der Waals surface area contributed by atoms with Crippen molar-refractivity contribution in [3.63, 3.8) is 0 Å². The third kappa shape index (κ3) is 3.43. The minimum Gasteiger partial charge on any atom is -0.248 e. The van der Waals surface area contributed by atoms with Crippen LogP contribution in [0, 0.1) is 0 Å². The molecule has 3 nitrogen and oxygen atoms in total. The third-order valence-electron chi connectivity index (χ3n) is 2.13. The van der Waals surface area contributed by atoms with E-state index in [9.17, 15) is 0 Å². The maximum Gasteiger partial charge on any atom is 0.133 e. The molecule has 0 spiro atoms. The number of halogens is 2. The Morgan fingerprint density at radius 2 is 2.11 bits per heavy atom. The van der Waals surface area contributed by atoms with Crippen molar-refractivity contribution in [1.29, 1.82) is 0 Å². The number of aromatic nitrogens is 3. The number of hydrogen-bond donors (Lipinski definition) is 0. The summed E-state index contributed by atoms with van der Waals surface area (Å²) in [7, 11) is 0. The van der Waals surface area contributed by atoms with Crippen molar-refractivity contribution in [2.75, 3.05) is 0 Å². The first-order chi connectivity index (χ1) is 8.56. The molecule has 0 aliphatic heterocycles. The molecule has 6 heteroatoms. The van der Waals surface area contributed by atoms with Gasteiger partial charge in [0.05, 0.1) is 5.02 Å². The Bertz CT molecular complexity index is 563. The molecule has 0 N–H and O–H groups in total. The van der Waals surface area contributed by atoms with E-state index in [4.69, 9.17) is 11.6 Å². The summed E-state index contributed by atoms with van der Waals surface area (Å²) >= 11 is 10.9. The van der Waals surface area contributed by atoms with Crippen LogP contribution in [0.3, 0.4) is 0 Å². The van der Waals surface area contributed by atoms with Crippen molar-refractivity contribution >= 4 is 39.3 Å². The standard InChI is InChI=1S/C12H11BrClN3S/c1-7(2)11-16-9(13)6-10(17-11)18-12-8(14)4-3-5-15-12/h3-7H,1-2H3. The molecule has 94 valence electrons. The van der Waals surface area contributed by atoms with Gasteiger partial charge >= 0.3 is 0 Å². The Balaban J connectivity index is 2.32. The zero-order valence-electron chi connectivity index (χ0n) is 9.89. The molecular weight excluding hydrogens is 334 g/mol. The SMILES string of the molecule is CC(C)c1nc(Br)cc(Sc2ncccc2Cl)n1. The first-order valence-corrected chi connectivity index (χ1v) is 7.38. The van der Waals surface area contributed by atoms with Gasteiger partial charge in [0, 0.05) is 18.2 Å². The number of pyridine rings is 1. The summed E-state index contributed by atoms with van der Waals surface area (Å²) in [6, 6.07) is 5.49. The molecule has 0 aliphatic carbocycles. The molecule has 18 heavy (non-hydrogen) atoms. The third-order valence-corrected chi connectivity index (χ3v) is 3.89. The highest BCUT2D eigenvalue weighted by atomic mass is 79.9. The maximum absolute atomic E-state index is 6.08. The van der Waals surface area contributed by atoms with E-state index in [-0.39, 0.29) is 5.92 Å². The van der Waals surface area contributed by atoms with E-state index >= 15 is 0 Å². The van der Waals surface area contributed by atoms with E-state index in [2.05, 4.69) is 44.7 Å². The van der Waals surface area contributed by atoms with Crippen LogP contribution in [-0.4, -0.2) is 15.0 Å². The molecule has 0 saturated carbocycles. The first kappa shape index (κ1) is 13.8. The van der Waals surface area contributed by atoms with Crippen LogP contribution < -0.4 is 0 Å². The van der Waals surface area contributed by atoms with E-state index in [0.717, 1.165) is 20.5 Å². The lowest BCUT2D eigenvalue weighted by atomic mass is 10.2. The van der Waals surface area contributed by atoms with Gasteiger partial charge in [-0.3, -0.25) is 0 Å².